The van der Waals surface area contributed by atoms with Crippen molar-refractivity contribution in [1.29, 1.82) is 0 Å². The fraction of sp³-hybridized carbons (Fsp3) is 0.0263. The Bertz CT molecular complexity index is 2360. The molecular weight excluding hydrogens is 530 g/mol. The number of benzene rings is 5. The summed E-state index contributed by atoms with van der Waals surface area (Å²) >= 11 is 0. The number of rotatable bonds is 4. The lowest BCUT2D eigenvalue weighted by Gasteiger charge is -2.27. The predicted molar refractivity (Wildman–Crippen MR) is 175 cm³/mol. The molecule has 204 valence electrons. The van der Waals surface area contributed by atoms with Crippen molar-refractivity contribution in [2.24, 2.45) is 0 Å². The fourth-order valence-electron chi connectivity index (χ4n) is 6.39. The SMILES string of the molecule is C1=Cc2c(oc3cc(N(c4cc(-c5ccccc5)c5ccccc5c4)c4cccc5c4oc4cccnc45)ccc23)CN1. The van der Waals surface area contributed by atoms with Gasteiger partial charge in [0, 0.05) is 34.3 Å². The van der Waals surface area contributed by atoms with Crippen LogP contribution in [0.15, 0.2) is 136 Å². The van der Waals surface area contributed by atoms with Gasteiger partial charge in [-0.05, 0) is 82.7 Å². The van der Waals surface area contributed by atoms with Gasteiger partial charge in [-0.3, -0.25) is 4.98 Å². The molecule has 1 N–H and O–H groups in total. The first-order valence-corrected chi connectivity index (χ1v) is 14.4. The van der Waals surface area contributed by atoms with Gasteiger partial charge in [0.1, 0.15) is 16.9 Å². The lowest BCUT2D eigenvalue weighted by molar-refractivity contribution is 0.532. The van der Waals surface area contributed by atoms with Crippen molar-refractivity contribution in [3.8, 4) is 11.1 Å². The first-order valence-electron chi connectivity index (χ1n) is 14.4. The standard InChI is InChI=1S/C38H25N3O2/c1-2-8-24(9-3-1)32-21-27(20-25-10-4-5-11-28(25)32)41(26-15-16-29-30-17-19-39-23-36(30)42-35(29)22-26)33-13-6-12-31-37-34(43-38(31)33)14-7-18-40-37/h1-22,39H,23H2. The number of pyridine rings is 1. The monoisotopic (exact) mass is 555 g/mol. The molecule has 0 atom stereocenters. The lowest BCUT2D eigenvalue weighted by atomic mass is 9.96. The molecule has 0 radical (unpaired) electrons. The average Bonchev–Trinajstić information content (AvgIpc) is 3.63. The van der Waals surface area contributed by atoms with Gasteiger partial charge in [0.05, 0.1) is 17.9 Å². The smallest absolute Gasteiger partial charge is 0.161 e. The number of aromatic nitrogens is 1. The molecule has 5 heteroatoms. The Morgan fingerprint density at radius 3 is 2.51 bits per heavy atom. The topological polar surface area (TPSA) is 54.4 Å². The summed E-state index contributed by atoms with van der Waals surface area (Å²) in [5.41, 5.74) is 9.67. The van der Waals surface area contributed by atoms with E-state index in [2.05, 4.69) is 124 Å². The van der Waals surface area contributed by atoms with Gasteiger partial charge >= 0.3 is 0 Å². The maximum Gasteiger partial charge on any atom is 0.161 e. The van der Waals surface area contributed by atoms with Crippen LogP contribution in [0.25, 0.3) is 61.0 Å². The van der Waals surface area contributed by atoms with Crippen molar-refractivity contribution in [3.05, 3.63) is 139 Å². The summed E-state index contributed by atoms with van der Waals surface area (Å²) in [5.74, 6) is 0.948. The van der Waals surface area contributed by atoms with Gasteiger partial charge < -0.3 is 19.1 Å². The molecule has 0 amide bonds. The van der Waals surface area contributed by atoms with E-state index in [0.29, 0.717) is 6.54 Å². The molecule has 5 aromatic carbocycles. The number of para-hydroxylation sites is 1. The number of hydrogen-bond donors (Lipinski definition) is 1. The molecule has 1 aliphatic heterocycles. The predicted octanol–water partition coefficient (Wildman–Crippen LogP) is 10.1. The highest BCUT2D eigenvalue weighted by Gasteiger charge is 2.23. The lowest BCUT2D eigenvalue weighted by Crippen LogP contribution is -2.10. The van der Waals surface area contributed by atoms with Gasteiger partial charge in [-0.1, -0.05) is 60.7 Å². The van der Waals surface area contributed by atoms with E-state index in [4.69, 9.17) is 8.83 Å². The van der Waals surface area contributed by atoms with Crippen LogP contribution in [0.2, 0.25) is 0 Å². The van der Waals surface area contributed by atoms with Gasteiger partial charge in [0.25, 0.3) is 0 Å². The Labute approximate surface area is 247 Å². The summed E-state index contributed by atoms with van der Waals surface area (Å²) in [6.45, 7) is 0.677. The van der Waals surface area contributed by atoms with E-state index >= 15 is 0 Å². The van der Waals surface area contributed by atoms with E-state index in [1.54, 1.807) is 0 Å². The van der Waals surface area contributed by atoms with Crippen molar-refractivity contribution in [2.45, 2.75) is 6.54 Å². The van der Waals surface area contributed by atoms with Crippen LogP contribution >= 0.6 is 0 Å². The third-order valence-corrected chi connectivity index (χ3v) is 8.34. The normalized spacial score (nSPS) is 12.7. The number of fused-ring (bicyclic) bond motifs is 7. The molecule has 0 fully saturated rings. The highest BCUT2D eigenvalue weighted by atomic mass is 16.3. The minimum Gasteiger partial charge on any atom is -0.458 e. The molecule has 4 heterocycles. The molecule has 8 aromatic rings. The quantitative estimate of drug-likeness (QED) is 0.234. The first kappa shape index (κ1) is 23.9. The van der Waals surface area contributed by atoms with Crippen LogP contribution < -0.4 is 10.2 Å². The van der Waals surface area contributed by atoms with Crippen LogP contribution in [0, 0.1) is 0 Å². The molecule has 5 nitrogen and oxygen atoms in total. The van der Waals surface area contributed by atoms with Crippen LogP contribution in [0.3, 0.4) is 0 Å². The summed E-state index contributed by atoms with van der Waals surface area (Å²) in [7, 11) is 0. The maximum absolute atomic E-state index is 6.52. The van der Waals surface area contributed by atoms with Crippen LogP contribution in [-0.2, 0) is 6.54 Å². The zero-order valence-electron chi connectivity index (χ0n) is 23.1. The van der Waals surface area contributed by atoms with Crippen molar-refractivity contribution in [3.63, 3.8) is 0 Å². The van der Waals surface area contributed by atoms with Crippen molar-refractivity contribution >= 4 is 66.9 Å². The second-order valence-electron chi connectivity index (χ2n) is 10.9. The second kappa shape index (κ2) is 9.36. The summed E-state index contributed by atoms with van der Waals surface area (Å²) in [5, 5.41) is 7.71. The highest BCUT2D eigenvalue weighted by Crippen LogP contribution is 2.45. The molecule has 43 heavy (non-hydrogen) atoms. The van der Waals surface area contributed by atoms with Crippen LogP contribution in [0.5, 0.6) is 0 Å². The van der Waals surface area contributed by atoms with Crippen LogP contribution in [0.4, 0.5) is 17.1 Å². The molecule has 0 saturated heterocycles. The Hall–Kier alpha value is -5.81. The molecule has 1 aliphatic rings. The maximum atomic E-state index is 6.52. The second-order valence-corrected chi connectivity index (χ2v) is 10.9. The summed E-state index contributed by atoms with van der Waals surface area (Å²) < 4.78 is 12.9. The minimum absolute atomic E-state index is 0.677. The molecule has 0 saturated carbocycles. The summed E-state index contributed by atoms with van der Waals surface area (Å²) in [6.07, 6.45) is 5.88. The van der Waals surface area contributed by atoms with Gasteiger partial charge in [-0.25, -0.2) is 0 Å². The molecule has 3 aromatic heterocycles. The van der Waals surface area contributed by atoms with Crippen molar-refractivity contribution < 1.29 is 8.83 Å². The molecule has 9 rings (SSSR count). The van der Waals surface area contributed by atoms with E-state index in [1.807, 2.05) is 24.5 Å². The van der Waals surface area contributed by atoms with E-state index in [-0.39, 0.29) is 0 Å². The summed E-state index contributed by atoms with van der Waals surface area (Å²) in [4.78, 5) is 6.92. The molecule has 0 bridgehead atoms. The van der Waals surface area contributed by atoms with Crippen molar-refractivity contribution in [1.82, 2.24) is 10.3 Å². The van der Waals surface area contributed by atoms with Gasteiger partial charge in [0.2, 0.25) is 0 Å². The number of nitrogens with zero attached hydrogens (tertiary/aromatic N) is 2. The van der Waals surface area contributed by atoms with Crippen molar-refractivity contribution in [2.75, 3.05) is 4.90 Å². The highest BCUT2D eigenvalue weighted by molar-refractivity contribution is 6.09. The van der Waals surface area contributed by atoms with Gasteiger partial charge in [-0.15, -0.1) is 0 Å². The third-order valence-electron chi connectivity index (χ3n) is 8.34. The Morgan fingerprint density at radius 2 is 1.56 bits per heavy atom. The average molecular weight is 556 g/mol. The molecule has 0 unspecified atom stereocenters. The largest absolute Gasteiger partial charge is 0.458 e. The number of nitrogens with one attached hydrogen (secondary N) is 1. The first-order chi connectivity index (χ1) is 21.3. The Morgan fingerprint density at radius 1 is 0.674 bits per heavy atom. The Balaban J connectivity index is 1.35. The zero-order valence-corrected chi connectivity index (χ0v) is 23.1. The molecule has 0 spiro atoms. The van der Waals surface area contributed by atoms with Gasteiger partial charge in [0.15, 0.2) is 11.2 Å². The van der Waals surface area contributed by atoms with E-state index in [1.165, 1.54) is 16.5 Å². The van der Waals surface area contributed by atoms with E-state index in [0.717, 1.165) is 66.8 Å². The fourth-order valence-corrected chi connectivity index (χ4v) is 6.39. The molecular formula is C38H25N3O2. The zero-order chi connectivity index (χ0) is 28.3. The number of furan rings is 2. The number of anilines is 3. The number of hydrogen-bond acceptors (Lipinski definition) is 5. The summed E-state index contributed by atoms with van der Waals surface area (Å²) in [6, 6.07) is 40.3. The third kappa shape index (κ3) is 3.75. The molecule has 0 aliphatic carbocycles. The van der Waals surface area contributed by atoms with E-state index < -0.39 is 0 Å². The Kier molecular flexibility index (Phi) is 5.19. The van der Waals surface area contributed by atoms with Gasteiger partial charge in [-0.2, -0.15) is 0 Å². The van der Waals surface area contributed by atoms with E-state index in [9.17, 15) is 0 Å². The minimum atomic E-state index is 0.677. The van der Waals surface area contributed by atoms with Crippen LogP contribution in [-0.4, -0.2) is 4.98 Å². The van der Waals surface area contributed by atoms with Crippen LogP contribution in [0.1, 0.15) is 11.3 Å².